The van der Waals surface area contributed by atoms with E-state index >= 15 is 0 Å². The van der Waals surface area contributed by atoms with Crippen molar-refractivity contribution in [2.24, 2.45) is 0 Å². The second kappa shape index (κ2) is 9.67. The van der Waals surface area contributed by atoms with Crippen LogP contribution < -0.4 is 0 Å². The first-order valence-electron chi connectivity index (χ1n) is 9.51. The van der Waals surface area contributed by atoms with Gasteiger partial charge in [-0.3, -0.25) is 0 Å². The molecule has 10 atom stereocenters. The Bertz CT molecular complexity index is 755. The smallest absolute Gasteiger partial charge is 0.147 e. The fourth-order valence-corrected chi connectivity index (χ4v) is 3.51. The van der Waals surface area contributed by atoms with Crippen LogP contribution in [0.3, 0.4) is 0 Å². The highest BCUT2D eigenvalue weighted by atomic mass is 16.5. The van der Waals surface area contributed by atoms with Gasteiger partial charge in [0, 0.05) is 5.56 Å². The van der Waals surface area contributed by atoms with Crippen molar-refractivity contribution in [2.45, 2.75) is 61.0 Å². The molecule has 10 nitrogen and oxygen atoms in total. The van der Waals surface area contributed by atoms with Crippen molar-refractivity contribution in [1.82, 2.24) is 0 Å². The molecule has 30 heavy (non-hydrogen) atoms. The molecule has 2 heterocycles. The Hall–Kier alpha value is -1.62. The lowest BCUT2D eigenvalue weighted by atomic mass is 9.91. The average molecular weight is 426 g/mol. The molecule has 3 rings (SSSR count). The van der Waals surface area contributed by atoms with Gasteiger partial charge in [0.1, 0.15) is 61.0 Å². The maximum atomic E-state index is 10.2. The van der Waals surface area contributed by atoms with Crippen LogP contribution in [0.25, 0.3) is 0 Å². The second-order valence-electron chi connectivity index (χ2n) is 7.39. The van der Waals surface area contributed by atoms with Crippen LogP contribution in [0.5, 0.6) is 0 Å². The normalized spacial score (nSPS) is 41.7. The van der Waals surface area contributed by atoms with E-state index < -0.39 is 74.3 Å². The predicted molar refractivity (Wildman–Crippen MR) is 99.8 cm³/mol. The van der Waals surface area contributed by atoms with Crippen LogP contribution in [-0.4, -0.2) is 109 Å². The Labute approximate surface area is 172 Å². The predicted octanol–water partition coefficient (Wildman–Crippen LogP) is -3.60. The Morgan fingerprint density at radius 1 is 0.667 bits per heavy atom. The maximum absolute atomic E-state index is 10.2. The summed E-state index contributed by atoms with van der Waals surface area (Å²) in [6.07, 6.45) is -12.9. The van der Waals surface area contributed by atoms with Gasteiger partial charge in [0.25, 0.3) is 0 Å². The summed E-state index contributed by atoms with van der Waals surface area (Å²) in [6.45, 7) is -1.07. The quantitative estimate of drug-likeness (QED) is 0.225. The molecule has 0 aromatic heterocycles. The lowest BCUT2D eigenvalue weighted by molar-refractivity contribution is -0.231. The first kappa shape index (κ1) is 23.1. The van der Waals surface area contributed by atoms with Crippen molar-refractivity contribution in [3.05, 3.63) is 35.4 Å². The monoisotopic (exact) mass is 426 g/mol. The highest BCUT2D eigenvalue weighted by molar-refractivity contribution is 5.38. The summed E-state index contributed by atoms with van der Waals surface area (Å²) < 4.78 is 10.8. The SMILES string of the molecule is OC[C@H]1OC(C#Cc2ccc([C@H]3O[C@H](CO)[C@@H](O)C(O)C3O)cc2)C(O)C(O)[C@@H]1O. The summed E-state index contributed by atoms with van der Waals surface area (Å²) in [7, 11) is 0. The third kappa shape index (κ3) is 4.51. The van der Waals surface area contributed by atoms with E-state index in [9.17, 15) is 40.9 Å². The molecule has 0 bridgehead atoms. The molecule has 0 radical (unpaired) electrons. The average Bonchev–Trinajstić information content (AvgIpc) is 2.76. The molecular formula is C20H26O10. The van der Waals surface area contributed by atoms with Crippen molar-refractivity contribution in [3.8, 4) is 11.8 Å². The Morgan fingerprint density at radius 2 is 1.20 bits per heavy atom. The van der Waals surface area contributed by atoms with Gasteiger partial charge in [-0.15, -0.1) is 0 Å². The van der Waals surface area contributed by atoms with Gasteiger partial charge < -0.3 is 50.3 Å². The largest absolute Gasteiger partial charge is 0.394 e. The third-order valence-corrected chi connectivity index (χ3v) is 5.38. The molecule has 0 saturated carbocycles. The number of rotatable bonds is 3. The van der Waals surface area contributed by atoms with Gasteiger partial charge in [-0.05, 0) is 17.7 Å². The first-order chi connectivity index (χ1) is 14.3. The Kier molecular flexibility index (Phi) is 7.43. The van der Waals surface area contributed by atoms with Crippen LogP contribution >= 0.6 is 0 Å². The van der Waals surface area contributed by atoms with Gasteiger partial charge in [0.2, 0.25) is 0 Å². The third-order valence-electron chi connectivity index (χ3n) is 5.38. The van der Waals surface area contributed by atoms with E-state index in [1.165, 1.54) is 0 Å². The minimum absolute atomic E-state index is 0.491. The van der Waals surface area contributed by atoms with E-state index in [0.717, 1.165) is 0 Å². The van der Waals surface area contributed by atoms with Crippen LogP contribution in [0.15, 0.2) is 24.3 Å². The summed E-state index contributed by atoms with van der Waals surface area (Å²) in [4.78, 5) is 0. The Balaban J connectivity index is 1.73. The van der Waals surface area contributed by atoms with E-state index in [2.05, 4.69) is 11.8 Å². The number of hydrogen-bond donors (Lipinski definition) is 8. The van der Waals surface area contributed by atoms with Gasteiger partial charge in [0.05, 0.1) is 13.2 Å². The lowest BCUT2D eigenvalue weighted by Crippen LogP contribution is -2.58. The minimum Gasteiger partial charge on any atom is -0.394 e. The van der Waals surface area contributed by atoms with Gasteiger partial charge in [0.15, 0.2) is 0 Å². The molecule has 0 aliphatic carbocycles. The Morgan fingerprint density at radius 3 is 1.77 bits per heavy atom. The molecule has 10 heteroatoms. The van der Waals surface area contributed by atoms with E-state index in [0.29, 0.717) is 11.1 Å². The molecule has 1 aromatic rings. The van der Waals surface area contributed by atoms with Crippen molar-refractivity contribution in [2.75, 3.05) is 13.2 Å². The van der Waals surface area contributed by atoms with Crippen molar-refractivity contribution in [1.29, 1.82) is 0 Å². The van der Waals surface area contributed by atoms with Crippen LogP contribution in [0, 0.1) is 11.8 Å². The molecule has 0 spiro atoms. The van der Waals surface area contributed by atoms with E-state index in [-0.39, 0.29) is 0 Å². The summed E-state index contributed by atoms with van der Waals surface area (Å²) in [5, 5.41) is 78.0. The fourth-order valence-electron chi connectivity index (χ4n) is 3.51. The first-order valence-corrected chi connectivity index (χ1v) is 9.51. The van der Waals surface area contributed by atoms with Crippen LogP contribution in [0.2, 0.25) is 0 Å². The summed E-state index contributed by atoms with van der Waals surface area (Å²) in [5.41, 5.74) is 0.991. The minimum atomic E-state index is -1.51. The highest BCUT2D eigenvalue weighted by Crippen LogP contribution is 2.32. The molecule has 2 aliphatic rings. The molecule has 2 saturated heterocycles. The number of ether oxygens (including phenoxy) is 2. The lowest BCUT2D eigenvalue weighted by Gasteiger charge is -2.40. The topological polar surface area (TPSA) is 180 Å². The summed E-state index contributed by atoms with van der Waals surface area (Å²) in [5.74, 6) is 5.41. The molecule has 1 aromatic carbocycles. The van der Waals surface area contributed by atoms with Crippen molar-refractivity contribution in [3.63, 3.8) is 0 Å². The number of aliphatic hydroxyl groups is 8. The maximum Gasteiger partial charge on any atom is 0.147 e. The van der Waals surface area contributed by atoms with Crippen LogP contribution in [-0.2, 0) is 9.47 Å². The zero-order valence-electron chi connectivity index (χ0n) is 15.9. The molecule has 2 aliphatic heterocycles. The number of hydrogen-bond acceptors (Lipinski definition) is 10. The fraction of sp³-hybridized carbons (Fsp3) is 0.600. The standard InChI is InChI=1S/C20H26O10/c21-7-12-15(24)17(26)14(23)11(29-12)6-3-9-1-4-10(5-2-9)20-19(28)18(27)16(25)13(8-22)30-20/h1-2,4-5,11-28H,7-8H2/t11?,12-,13-,14?,15-,16-,17?,18?,19?,20-/m1/s1. The molecule has 8 N–H and O–H groups in total. The van der Waals surface area contributed by atoms with Crippen LogP contribution in [0.4, 0.5) is 0 Å². The zero-order chi connectivity index (χ0) is 22.0. The highest BCUT2D eigenvalue weighted by Gasteiger charge is 2.44. The summed E-state index contributed by atoms with van der Waals surface area (Å²) in [6, 6.07) is 6.36. The zero-order valence-corrected chi connectivity index (χ0v) is 15.9. The molecular weight excluding hydrogens is 400 g/mol. The number of benzene rings is 1. The number of aliphatic hydroxyl groups excluding tert-OH is 8. The summed E-state index contributed by atoms with van der Waals surface area (Å²) >= 11 is 0. The van der Waals surface area contributed by atoms with Crippen molar-refractivity contribution < 1.29 is 50.3 Å². The second-order valence-corrected chi connectivity index (χ2v) is 7.39. The molecule has 2 fully saturated rings. The van der Waals surface area contributed by atoms with Gasteiger partial charge in [-0.1, -0.05) is 24.0 Å². The van der Waals surface area contributed by atoms with E-state index in [1.54, 1.807) is 24.3 Å². The molecule has 5 unspecified atom stereocenters. The molecule has 166 valence electrons. The van der Waals surface area contributed by atoms with Gasteiger partial charge in [-0.25, -0.2) is 0 Å². The van der Waals surface area contributed by atoms with Gasteiger partial charge in [-0.2, -0.15) is 0 Å². The van der Waals surface area contributed by atoms with Crippen molar-refractivity contribution >= 4 is 0 Å². The van der Waals surface area contributed by atoms with E-state index in [1.807, 2.05) is 0 Å². The van der Waals surface area contributed by atoms with Crippen LogP contribution in [0.1, 0.15) is 17.2 Å². The van der Waals surface area contributed by atoms with E-state index in [4.69, 9.17) is 9.47 Å². The van der Waals surface area contributed by atoms with Gasteiger partial charge >= 0.3 is 0 Å². The molecule has 0 amide bonds.